The van der Waals surface area contributed by atoms with Gasteiger partial charge >= 0.3 is 0 Å². The molecule has 6 heteroatoms. The minimum atomic E-state index is -3.44. The minimum absolute atomic E-state index is 0.0344. The summed E-state index contributed by atoms with van der Waals surface area (Å²) in [6.07, 6.45) is 1.89. The molecule has 1 aliphatic rings. The second kappa shape index (κ2) is 6.56. The highest BCUT2D eigenvalue weighted by Crippen LogP contribution is 2.25. The van der Waals surface area contributed by atoms with E-state index in [1.54, 1.807) is 18.2 Å². The van der Waals surface area contributed by atoms with Crippen LogP contribution in [0.1, 0.15) is 26.7 Å². The van der Waals surface area contributed by atoms with Crippen LogP contribution >= 0.6 is 0 Å². The van der Waals surface area contributed by atoms with Gasteiger partial charge in [-0.05, 0) is 38.8 Å². The molecule has 2 N–H and O–H groups in total. The average Bonchev–Trinajstić information content (AvgIpc) is 3.20. The molecule has 0 heterocycles. The number of sulfonamides is 1. The van der Waals surface area contributed by atoms with Gasteiger partial charge in [-0.3, -0.25) is 0 Å². The Hall–Kier alpha value is -1.11. The molecular weight excluding hydrogens is 276 g/mol. The molecule has 1 fully saturated rings. The third-order valence-corrected chi connectivity index (χ3v) is 4.69. The quantitative estimate of drug-likeness (QED) is 0.770. The van der Waals surface area contributed by atoms with Crippen LogP contribution in [0.25, 0.3) is 0 Å². The van der Waals surface area contributed by atoms with Crippen molar-refractivity contribution in [1.82, 2.24) is 4.72 Å². The number of ether oxygens (including phenoxy) is 1. The normalized spacial score (nSPS) is 16.9. The van der Waals surface area contributed by atoms with E-state index in [2.05, 4.69) is 10.0 Å². The molecule has 1 atom stereocenters. The van der Waals surface area contributed by atoms with Crippen LogP contribution in [0.2, 0.25) is 0 Å². The standard InChI is InChI=1S/C14H22N2O3S/c1-3-19-11(2)10-15-13-6-4-5-7-14(13)20(17,18)16-12-8-9-12/h4-7,11-12,15-16H,3,8-10H2,1-2H3. The fraction of sp³-hybridized carbons (Fsp3) is 0.571. The number of benzene rings is 1. The van der Waals surface area contributed by atoms with Gasteiger partial charge in [0.25, 0.3) is 0 Å². The van der Waals surface area contributed by atoms with Crippen LogP contribution in [0.15, 0.2) is 29.2 Å². The third kappa shape index (κ3) is 4.19. The van der Waals surface area contributed by atoms with Crippen LogP contribution < -0.4 is 10.0 Å². The van der Waals surface area contributed by atoms with Gasteiger partial charge in [0.2, 0.25) is 10.0 Å². The Kier molecular flexibility index (Phi) is 5.01. The highest BCUT2D eigenvalue weighted by Gasteiger charge is 2.29. The largest absolute Gasteiger partial charge is 0.381 e. The molecular formula is C14H22N2O3S. The number of hydrogen-bond donors (Lipinski definition) is 2. The predicted molar refractivity (Wildman–Crippen MR) is 79.4 cm³/mol. The lowest BCUT2D eigenvalue weighted by molar-refractivity contribution is 0.0855. The summed E-state index contributed by atoms with van der Waals surface area (Å²) in [7, 11) is -3.44. The van der Waals surface area contributed by atoms with E-state index in [-0.39, 0.29) is 12.1 Å². The first kappa shape index (κ1) is 15.3. The number of rotatable bonds is 8. The zero-order valence-electron chi connectivity index (χ0n) is 11.9. The van der Waals surface area contributed by atoms with Gasteiger partial charge in [0, 0.05) is 19.2 Å². The molecule has 0 aromatic heterocycles. The molecule has 1 unspecified atom stereocenters. The van der Waals surface area contributed by atoms with Crippen molar-refractivity contribution in [3.63, 3.8) is 0 Å². The number of nitrogens with one attached hydrogen (secondary N) is 2. The van der Waals surface area contributed by atoms with Crippen LogP contribution in [0.4, 0.5) is 5.69 Å². The minimum Gasteiger partial charge on any atom is -0.381 e. The first-order valence-corrected chi connectivity index (χ1v) is 8.48. The van der Waals surface area contributed by atoms with E-state index >= 15 is 0 Å². The molecule has 1 aromatic rings. The van der Waals surface area contributed by atoms with Crippen molar-refractivity contribution in [2.45, 2.75) is 43.7 Å². The van der Waals surface area contributed by atoms with Gasteiger partial charge in [-0.25, -0.2) is 13.1 Å². The monoisotopic (exact) mass is 298 g/mol. The summed E-state index contributed by atoms with van der Waals surface area (Å²) in [5.74, 6) is 0. The van der Waals surface area contributed by atoms with Crippen molar-refractivity contribution in [3.05, 3.63) is 24.3 Å². The molecule has 0 radical (unpaired) electrons. The van der Waals surface area contributed by atoms with Gasteiger partial charge < -0.3 is 10.1 Å². The molecule has 2 rings (SSSR count). The topological polar surface area (TPSA) is 67.4 Å². The third-order valence-electron chi connectivity index (χ3n) is 3.11. The smallest absolute Gasteiger partial charge is 0.242 e. The van der Waals surface area contributed by atoms with Gasteiger partial charge in [0.05, 0.1) is 11.8 Å². The zero-order valence-corrected chi connectivity index (χ0v) is 12.7. The van der Waals surface area contributed by atoms with Crippen molar-refractivity contribution < 1.29 is 13.2 Å². The lowest BCUT2D eigenvalue weighted by Gasteiger charge is -2.16. The van der Waals surface area contributed by atoms with Crippen molar-refractivity contribution in [2.75, 3.05) is 18.5 Å². The second-order valence-corrected chi connectivity index (χ2v) is 6.72. The Morgan fingerprint density at radius 2 is 2.05 bits per heavy atom. The fourth-order valence-electron chi connectivity index (χ4n) is 1.93. The summed E-state index contributed by atoms with van der Waals surface area (Å²) >= 11 is 0. The van der Waals surface area contributed by atoms with E-state index in [0.29, 0.717) is 23.7 Å². The highest BCUT2D eigenvalue weighted by atomic mass is 32.2. The second-order valence-electron chi connectivity index (χ2n) is 5.04. The van der Waals surface area contributed by atoms with Gasteiger partial charge in [-0.2, -0.15) is 0 Å². The Morgan fingerprint density at radius 1 is 1.35 bits per heavy atom. The van der Waals surface area contributed by atoms with Crippen LogP contribution in [0.3, 0.4) is 0 Å². The van der Waals surface area contributed by atoms with Gasteiger partial charge in [0.1, 0.15) is 4.90 Å². The maximum atomic E-state index is 12.3. The maximum absolute atomic E-state index is 12.3. The van der Waals surface area contributed by atoms with Gasteiger partial charge in [-0.1, -0.05) is 12.1 Å². The Balaban J connectivity index is 2.09. The highest BCUT2D eigenvalue weighted by molar-refractivity contribution is 7.89. The molecule has 20 heavy (non-hydrogen) atoms. The molecule has 1 aliphatic carbocycles. The van der Waals surface area contributed by atoms with Crippen LogP contribution in [0, 0.1) is 0 Å². The number of para-hydroxylation sites is 1. The van der Waals surface area contributed by atoms with E-state index in [0.717, 1.165) is 12.8 Å². The van der Waals surface area contributed by atoms with Crippen molar-refractivity contribution in [3.8, 4) is 0 Å². The molecule has 1 aromatic carbocycles. The van der Waals surface area contributed by atoms with Crippen LogP contribution in [-0.2, 0) is 14.8 Å². The molecule has 0 bridgehead atoms. The molecule has 0 amide bonds. The fourth-order valence-corrected chi connectivity index (χ4v) is 3.42. The SMILES string of the molecule is CCOC(C)CNc1ccccc1S(=O)(=O)NC1CC1. The summed E-state index contributed by atoms with van der Waals surface area (Å²) in [4.78, 5) is 0.301. The summed E-state index contributed by atoms with van der Waals surface area (Å²) in [6, 6.07) is 7.07. The molecule has 1 saturated carbocycles. The lowest BCUT2D eigenvalue weighted by atomic mass is 10.3. The Labute approximate surface area is 120 Å². The van der Waals surface area contributed by atoms with Crippen LogP contribution in [-0.4, -0.2) is 33.7 Å². The van der Waals surface area contributed by atoms with E-state index in [4.69, 9.17) is 4.74 Å². The van der Waals surface area contributed by atoms with E-state index in [9.17, 15) is 8.42 Å². The summed E-state index contributed by atoms with van der Waals surface area (Å²) in [5.41, 5.74) is 0.618. The zero-order chi connectivity index (χ0) is 14.6. The molecule has 0 spiro atoms. The van der Waals surface area contributed by atoms with Crippen molar-refractivity contribution in [1.29, 1.82) is 0 Å². The van der Waals surface area contributed by atoms with Gasteiger partial charge in [-0.15, -0.1) is 0 Å². The number of hydrogen-bond acceptors (Lipinski definition) is 4. The first-order valence-electron chi connectivity index (χ1n) is 6.99. The first-order chi connectivity index (χ1) is 9.53. The summed E-state index contributed by atoms with van der Waals surface area (Å²) < 4.78 is 32.7. The summed E-state index contributed by atoms with van der Waals surface area (Å²) in [5, 5.41) is 3.15. The van der Waals surface area contributed by atoms with Crippen molar-refractivity contribution >= 4 is 15.7 Å². The van der Waals surface area contributed by atoms with E-state index < -0.39 is 10.0 Å². The Morgan fingerprint density at radius 3 is 2.70 bits per heavy atom. The van der Waals surface area contributed by atoms with Gasteiger partial charge in [0.15, 0.2) is 0 Å². The summed E-state index contributed by atoms with van der Waals surface area (Å²) in [6.45, 7) is 5.11. The molecule has 0 saturated heterocycles. The predicted octanol–water partition coefficient (Wildman–Crippen LogP) is 1.96. The lowest BCUT2D eigenvalue weighted by Crippen LogP contribution is -2.27. The van der Waals surface area contributed by atoms with E-state index in [1.807, 2.05) is 19.9 Å². The Bertz CT molecular complexity index is 541. The average molecular weight is 298 g/mol. The van der Waals surface area contributed by atoms with E-state index in [1.165, 1.54) is 0 Å². The number of anilines is 1. The van der Waals surface area contributed by atoms with Crippen molar-refractivity contribution in [2.24, 2.45) is 0 Å². The molecule has 0 aliphatic heterocycles. The van der Waals surface area contributed by atoms with Crippen LogP contribution in [0.5, 0.6) is 0 Å². The molecule has 112 valence electrons. The molecule has 5 nitrogen and oxygen atoms in total. The maximum Gasteiger partial charge on any atom is 0.242 e.